The Morgan fingerprint density at radius 2 is 2.40 bits per heavy atom. The number of esters is 1. The van der Waals surface area contributed by atoms with Crippen LogP contribution in [0.4, 0.5) is 0 Å². The van der Waals surface area contributed by atoms with Gasteiger partial charge in [-0.3, -0.25) is 0 Å². The predicted molar refractivity (Wildman–Crippen MR) is 39.2 cm³/mol. The molecule has 0 heterocycles. The molecule has 0 aromatic carbocycles. The van der Waals surface area contributed by atoms with Gasteiger partial charge in [-0.25, -0.2) is 4.79 Å². The van der Waals surface area contributed by atoms with Crippen molar-refractivity contribution in [1.82, 2.24) is 0 Å². The molecule has 0 amide bonds. The van der Waals surface area contributed by atoms with Crippen molar-refractivity contribution in [1.29, 1.82) is 0 Å². The van der Waals surface area contributed by atoms with E-state index in [1.54, 1.807) is 0 Å². The van der Waals surface area contributed by atoms with E-state index in [9.17, 15) is 4.79 Å². The van der Waals surface area contributed by atoms with Gasteiger partial charge in [0.1, 0.15) is 0 Å². The summed E-state index contributed by atoms with van der Waals surface area (Å²) >= 11 is 0. The van der Waals surface area contributed by atoms with Crippen LogP contribution < -0.4 is 0 Å². The van der Waals surface area contributed by atoms with Crippen LogP contribution in [0.15, 0.2) is 0 Å². The van der Waals surface area contributed by atoms with Crippen molar-refractivity contribution in [3.8, 4) is 12.3 Å². The second-order valence-corrected chi connectivity index (χ2v) is 2.26. The molecule has 0 aliphatic carbocycles. The molecular weight excluding hydrogens is 128 g/mol. The van der Waals surface area contributed by atoms with Crippen LogP contribution >= 0.6 is 0 Å². The van der Waals surface area contributed by atoms with Crippen molar-refractivity contribution in [2.75, 3.05) is 6.61 Å². The Balaban J connectivity index is 3.37. The van der Waals surface area contributed by atoms with E-state index in [2.05, 4.69) is 4.74 Å². The van der Waals surface area contributed by atoms with Gasteiger partial charge in [0, 0.05) is 5.92 Å². The molecule has 0 aromatic rings. The van der Waals surface area contributed by atoms with Crippen LogP contribution in [0.1, 0.15) is 20.3 Å². The Hall–Kier alpha value is -0.970. The molecule has 0 radical (unpaired) electrons. The average molecular weight is 140 g/mol. The number of hydrogen-bond donors (Lipinski definition) is 0. The van der Waals surface area contributed by atoms with E-state index < -0.39 is 5.97 Å². The van der Waals surface area contributed by atoms with Crippen LogP contribution in [0.3, 0.4) is 0 Å². The summed E-state index contributed by atoms with van der Waals surface area (Å²) in [5.74, 6) is 1.71. The van der Waals surface area contributed by atoms with Gasteiger partial charge in [-0.15, -0.1) is 6.42 Å². The third kappa shape index (κ3) is 3.96. The van der Waals surface area contributed by atoms with Crippen LogP contribution in [-0.4, -0.2) is 12.6 Å². The molecule has 0 N–H and O–H groups in total. The van der Waals surface area contributed by atoms with Crippen LogP contribution in [0.5, 0.6) is 0 Å². The first kappa shape index (κ1) is 9.03. The minimum atomic E-state index is -0.569. The minimum Gasteiger partial charge on any atom is -0.456 e. The quantitative estimate of drug-likeness (QED) is 0.334. The van der Waals surface area contributed by atoms with Crippen LogP contribution in [-0.2, 0) is 9.53 Å². The fraction of sp³-hybridized carbons (Fsp3) is 0.625. The molecule has 0 saturated carbocycles. The van der Waals surface area contributed by atoms with E-state index in [-0.39, 0.29) is 0 Å². The molecule has 56 valence electrons. The highest BCUT2D eigenvalue weighted by Crippen LogP contribution is 1.99. The van der Waals surface area contributed by atoms with Crippen molar-refractivity contribution >= 4 is 5.97 Å². The second kappa shape index (κ2) is 4.87. The Kier molecular flexibility index (Phi) is 4.39. The smallest absolute Gasteiger partial charge is 0.384 e. The van der Waals surface area contributed by atoms with Gasteiger partial charge in [0.2, 0.25) is 0 Å². The Morgan fingerprint density at radius 3 is 2.80 bits per heavy atom. The lowest BCUT2D eigenvalue weighted by molar-refractivity contribution is -0.137. The summed E-state index contributed by atoms with van der Waals surface area (Å²) in [5.41, 5.74) is 0. The molecular formula is C8H12O2. The first-order chi connectivity index (χ1) is 4.70. The lowest BCUT2D eigenvalue weighted by atomic mass is 10.1. The van der Waals surface area contributed by atoms with Gasteiger partial charge in [0.15, 0.2) is 0 Å². The number of terminal acetylenes is 1. The molecule has 0 aliphatic rings. The van der Waals surface area contributed by atoms with Gasteiger partial charge in [0.05, 0.1) is 6.61 Å². The zero-order chi connectivity index (χ0) is 7.98. The van der Waals surface area contributed by atoms with E-state index in [4.69, 9.17) is 6.42 Å². The van der Waals surface area contributed by atoms with E-state index in [1.807, 2.05) is 19.8 Å². The van der Waals surface area contributed by atoms with Crippen molar-refractivity contribution in [2.24, 2.45) is 5.92 Å². The molecule has 2 nitrogen and oxygen atoms in total. The Labute approximate surface area is 61.6 Å². The number of hydrogen-bond acceptors (Lipinski definition) is 2. The predicted octanol–water partition coefficient (Wildman–Crippen LogP) is 1.21. The summed E-state index contributed by atoms with van der Waals surface area (Å²) in [6.07, 6.45) is 5.77. The summed E-state index contributed by atoms with van der Waals surface area (Å²) in [6.45, 7) is 4.47. The van der Waals surface area contributed by atoms with Crippen LogP contribution in [0.2, 0.25) is 0 Å². The molecule has 0 bridgehead atoms. The fourth-order valence-corrected chi connectivity index (χ4v) is 0.377. The molecule has 0 spiro atoms. The molecule has 0 aromatic heterocycles. The average Bonchev–Trinajstić information content (AvgIpc) is 1.99. The molecule has 1 atom stereocenters. The van der Waals surface area contributed by atoms with Gasteiger partial charge in [-0.2, -0.15) is 0 Å². The normalized spacial score (nSPS) is 11.7. The molecule has 0 fully saturated rings. The van der Waals surface area contributed by atoms with Gasteiger partial charge >= 0.3 is 5.97 Å². The molecule has 2 heteroatoms. The van der Waals surface area contributed by atoms with Gasteiger partial charge in [-0.1, -0.05) is 20.3 Å². The molecule has 10 heavy (non-hydrogen) atoms. The zero-order valence-electron chi connectivity index (χ0n) is 6.39. The summed E-state index contributed by atoms with van der Waals surface area (Å²) in [4.78, 5) is 10.4. The first-order valence-electron chi connectivity index (χ1n) is 3.34. The summed E-state index contributed by atoms with van der Waals surface area (Å²) in [6, 6.07) is 0. The standard InChI is InChI=1S/C8H12O2/c1-4-7(3)6-10-8(9)5-2/h2,7H,4,6H2,1,3H3. The van der Waals surface area contributed by atoms with Crippen LogP contribution in [0, 0.1) is 18.3 Å². The highest BCUT2D eigenvalue weighted by Gasteiger charge is 2.01. The number of carbonyl (C=O) groups is 1. The van der Waals surface area contributed by atoms with Crippen molar-refractivity contribution in [3.05, 3.63) is 0 Å². The first-order valence-corrected chi connectivity index (χ1v) is 3.34. The van der Waals surface area contributed by atoms with E-state index in [0.29, 0.717) is 12.5 Å². The minimum absolute atomic E-state index is 0.400. The number of carbonyl (C=O) groups excluding carboxylic acids is 1. The highest BCUT2D eigenvalue weighted by atomic mass is 16.5. The third-order valence-electron chi connectivity index (χ3n) is 1.31. The topological polar surface area (TPSA) is 26.3 Å². The van der Waals surface area contributed by atoms with Gasteiger partial charge < -0.3 is 4.74 Å². The summed E-state index contributed by atoms with van der Waals surface area (Å²) < 4.78 is 4.67. The molecule has 0 rings (SSSR count). The third-order valence-corrected chi connectivity index (χ3v) is 1.31. The molecule has 0 aliphatic heterocycles. The SMILES string of the molecule is C#CC(=O)OCC(C)CC. The summed E-state index contributed by atoms with van der Waals surface area (Å²) in [5, 5.41) is 0. The monoisotopic (exact) mass is 140 g/mol. The maximum atomic E-state index is 10.4. The zero-order valence-corrected chi connectivity index (χ0v) is 6.39. The largest absolute Gasteiger partial charge is 0.456 e. The van der Waals surface area contributed by atoms with Crippen molar-refractivity contribution in [2.45, 2.75) is 20.3 Å². The van der Waals surface area contributed by atoms with E-state index in [0.717, 1.165) is 6.42 Å². The number of ether oxygens (including phenoxy) is 1. The van der Waals surface area contributed by atoms with Gasteiger partial charge in [-0.05, 0) is 5.92 Å². The maximum absolute atomic E-state index is 10.4. The highest BCUT2D eigenvalue weighted by molar-refractivity contribution is 5.87. The lowest BCUT2D eigenvalue weighted by Crippen LogP contribution is -2.09. The number of rotatable bonds is 3. The van der Waals surface area contributed by atoms with Crippen molar-refractivity contribution in [3.63, 3.8) is 0 Å². The fourth-order valence-electron chi connectivity index (χ4n) is 0.377. The Morgan fingerprint density at radius 1 is 1.80 bits per heavy atom. The molecule has 1 unspecified atom stereocenters. The lowest BCUT2D eigenvalue weighted by Gasteiger charge is -2.05. The van der Waals surface area contributed by atoms with Crippen LogP contribution in [0.25, 0.3) is 0 Å². The second-order valence-electron chi connectivity index (χ2n) is 2.26. The van der Waals surface area contributed by atoms with E-state index in [1.165, 1.54) is 0 Å². The Bertz CT molecular complexity index is 144. The van der Waals surface area contributed by atoms with Crippen molar-refractivity contribution < 1.29 is 9.53 Å². The van der Waals surface area contributed by atoms with Gasteiger partial charge in [0.25, 0.3) is 0 Å². The maximum Gasteiger partial charge on any atom is 0.384 e. The van der Waals surface area contributed by atoms with E-state index >= 15 is 0 Å². The molecule has 0 saturated heterocycles. The summed E-state index contributed by atoms with van der Waals surface area (Å²) in [7, 11) is 0.